The molecule has 8 heteroatoms. The van der Waals surface area contributed by atoms with Gasteiger partial charge in [-0.25, -0.2) is 4.39 Å². The number of aromatic nitrogens is 4. The summed E-state index contributed by atoms with van der Waals surface area (Å²) in [4.78, 5) is 12.3. The Morgan fingerprint density at radius 2 is 2.04 bits per heavy atom. The molecule has 0 spiro atoms. The van der Waals surface area contributed by atoms with Gasteiger partial charge in [0.25, 0.3) is 0 Å². The molecule has 1 unspecified atom stereocenters. The first-order valence-electron chi connectivity index (χ1n) is 7.71. The molecule has 0 aliphatic rings. The summed E-state index contributed by atoms with van der Waals surface area (Å²) in [6, 6.07) is 5.69. The van der Waals surface area contributed by atoms with Crippen LogP contribution in [0.3, 0.4) is 0 Å². The second-order valence-corrected chi connectivity index (χ2v) is 6.17. The van der Waals surface area contributed by atoms with Gasteiger partial charge in [-0.05, 0) is 31.5 Å². The van der Waals surface area contributed by atoms with Gasteiger partial charge >= 0.3 is 0 Å². The average molecular weight is 362 g/mol. The van der Waals surface area contributed by atoms with E-state index >= 15 is 0 Å². The van der Waals surface area contributed by atoms with Gasteiger partial charge in [0.2, 0.25) is 5.91 Å². The SMILES string of the molecule is Cc1nn(C(C)C(=O)Nc2cnn(Cc3ccc(F)cc3)c2)cc1Cl. The number of halogens is 2. The first-order valence-corrected chi connectivity index (χ1v) is 8.09. The fourth-order valence-electron chi connectivity index (χ4n) is 2.32. The summed E-state index contributed by atoms with van der Waals surface area (Å²) in [5.74, 6) is -0.499. The number of nitrogens with one attached hydrogen (secondary N) is 1. The zero-order valence-electron chi connectivity index (χ0n) is 13.8. The van der Waals surface area contributed by atoms with Gasteiger partial charge in [0.1, 0.15) is 11.9 Å². The number of hydrogen-bond donors (Lipinski definition) is 1. The Bertz CT molecular complexity index is 867. The van der Waals surface area contributed by atoms with Crippen LogP contribution in [0.4, 0.5) is 10.1 Å². The molecule has 0 saturated carbocycles. The first-order chi connectivity index (χ1) is 11.9. The van der Waals surface area contributed by atoms with Crippen molar-refractivity contribution in [2.24, 2.45) is 0 Å². The maximum absolute atomic E-state index is 12.9. The highest BCUT2D eigenvalue weighted by Gasteiger charge is 2.17. The molecule has 0 saturated heterocycles. The Morgan fingerprint density at radius 3 is 2.68 bits per heavy atom. The number of nitrogens with zero attached hydrogens (tertiary/aromatic N) is 4. The molecule has 0 radical (unpaired) electrons. The number of rotatable bonds is 5. The third kappa shape index (κ3) is 4.06. The van der Waals surface area contributed by atoms with Crippen molar-refractivity contribution in [3.63, 3.8) is 0 Å². The van der Waals surface area contributed by atoms with Gasteiger partial charge in [-0.2, -0.15) is 10.2 Å². The minimum absolute atomic E-state index is 0.222. The Kier molecular flexibility index (Phi) is 4.85. The monoisotopic (exact) mass is 361 g/mol. The lowest BCUT2D eigenvalue weighted by Crippen LogP contribution is -2.23. The highest BCUT2D eigenvalue weighted by atomic mass is 35.5. The third-order valence-electron chi connectivity index (χ3n) is 3.79. The molecule has 0 fully saturated rings. The highest BCUT2D eigenvalue weighted by molar-refractivity contribution is 6.31. The molecule has 1 N–H and O–H groups in total. The van der Waals surface area contributed by atoms with E-state index < -0.39 is 6.04 Å². The minimum atomic E-state index is -0.508. The number of hydrogen-bond acceptors (Lipinski definition) is 3. The molecule has 2 aromatic heterocycles. The van der Waals surface area contributed by atoms with Crippen molar-refractivity contribution in [3.05, 3.63) is 65.0 Å². The molecule has 6 nitrogen and oxygen atoms in total. The Balaban J connectivity index is 1.64. The number of anilines is 1. The molecule has 3 aromatic rings. The normalized spacial score (nSPS) is 12.2. The summed E-state index contributed by atoms with van der Waals surface area (Å²) < 4.78 is 16.1. The first kappa shape index (κ1) is 17.2. The quantitative estimate of drug-likeness (QED) is 0.757. The van der Waals surface area contributed by atoms with Crippen molar-refractivity contribution in [2.75, 3.05) is 5.32 Å². The molecule has 130 valence electrons. The number of amides is 1. The number of benzene rings is 1. The van der Waals surface area contributed by atoms with Gasteiger partial charge in [-0.3, -0.25) is 14.2 Å². The Morgan fingerprint density at radius 1 is 1.32 bits per heavy atom. The second kappa shape index (κ2) is 7.06. The summed E-state index contributed by atoms with van der Waals surface area (Å²) in [6.07, 6.45) is 4.91. The molecular weight excluding hydrogens is 345 g/mol. The van der Waals surface area contributed by atoms with Crippen molar-refractivity contribution in [1.82, 2.24) is 19.6 Å². The molecule has 1 atom stereocenters. The van der Waals surface area contributed by atoms with Crippen LogP contribution >= 0.6 is 11.6 Å². The molecule has 2 heterocycles. The maximum atomic E-state index is 12.9. The number of carbonyl (C=O) groups excluding carboxylic acids is 1. The average Bonchev–Trinajstić information content (AvgIpc) is 3.15. The molecular formula is C17H17ClFN5O. The molecule has 3 rings (SSSR count). The zero-order valence-corrected chi connectivity index (χ0v) is 14.5. The zero-order chi connectivity index (χ0) is 18.0. The van der Waals surface area contributed by atoms with Crippen LogP contribution in [0.2, 0.25) is 5.02 Å². The summed E-state index contributed by atoms with van der Waals surface area (Å²) >= 11 is 5.98. The summed E-state index contributed by atoms with van der Waals surface area (Å²) in [6.45, 7) is 4.00. The maximum Gasteiger partial charge on any atom is 0.249 e. The summed E-state index contributed by atoms with van der Waals surface area (Å²) in [7, 11) is 0. The van der Waals surface area contributed by atoms with E-state index in [2.05, 4.69) is 15.5 Å². The summed E-state index contributed by atoms with van der Waals surface area (Å²) in [5, 5.41) is 11.7. The van der Waals surface area contributed by atoms with Crippen molar-refractivity contribution in [1.29, 1.82) is 0 Å². The van der Waals surface area contributed by atoms with Gasteiger partial charge in [-0.15, -0.1) is 0 Å². The number of aryl methyl sites for hydroxylation is 1. The largest absolute Gasteiger partial charge is 0.322 e. The fourth-order valence-corrected chi connectivity index (χ4v) is 2.45. The highest BCUT2D eigenvalue weighted by Crippen LogP contribution is 2.17. The Hall–Kier alpha value is -2.67. The van der Waals surface area contributed by atoms with E-state index in [1.54, 1.807) is 49.3 Å². The second-order valence-electron chi connectivity index (χ2n) is 5.76. The van der Waals surface area contributed by atoms with Gasteiger partial charge in [0.15, 0.2) is 0 Å². The van der Waals surface area contributed by atoms with E-state index in [0.717, 1.165) is 5.56 Å². The lowest BCUT2D eigenvalue weighted by atomic mass is 10.2. The lowest BCUT2D eigenvalue weighted by molar-refractivity contribution is -0.119. The Labute approximate surface area is 149 Å². The van der Waals surface area contributed by atoms with Crippen LogP contribution in [-0.4, -0.2) is 25.5 Å². The van der Waals surface area contributed by atoms with Crippen LogP contribution in [0.1, 0.15) is 24.2 Å². The van der Waals surface area contributed by atoms with Crippen molar-refractivity contribution >= 4 is 23.2 Å². The van der Waals surface area contributed by atoms with E-state index in [0.29, 0.717) is 22.9 Å². The van der Waals surface area contributed by atoms with Gasteiger partial charge in [0, 0.05) is 12.4 Å². The third-order valence-corrected chi connectivity index (χ3v) is 4.16. The predicted octanol–water partition coefficient (Wildman–Crippen LogP) is 3.43. The molecule has 0 aliphatic carbocycles. The lowest BCUT2D eigenvalue weighted by Gasteiger charge is -2.11. The smallest absolute Gasteiger partial charge is 0.249 e. The molecule has 1 aromatic carbocycles. The van der Waals surface area contributed by atoms with E-state index in [-0.39, 0.29) is 11.7 Å². The van der Waals surface area contributed by atoms with Crippen molar-refractivity contribution in [3.8, 4) is 0 Å². The van der Waals surface area contributed by atoms with E-state index in [9.17, 15) is 9.18 Å². The summed E-state index contributed by atoms with van der Waals surface area (Å²) in [5.41, 5.74) is 2.17. The van der Waals surface area contributed by atoms with Crippen molar-refractivity contribution in [2.45, 2.75) is 26.4 Å². The van der Waals surface area contributed by atoms with Crippen LogP contribution in [0, 0.1) is 12.7 Å². The van der Waals surface area contributed by atoms with Gasteiger partial charge in [-0.1, -0.05) is 23.7 Å². The fraction of sp³-hybridized carbons (Fsp3) is 0.235. The molecule has 25 heavy (non-hydrogen) atoms. The van der Waals surface area contributed by atoms with Gasteiger partial charge < -0.3 is 5.32 Å². The van der Waals surface area contributed by atoms with E-state index in [1.807, 2.05) is 0 Å². The van der Waals surface area contributed by atoms with Crippen LogP contribution in [0.15, 0.2) is 42.9 Å². The van der Waals surface area contributed by atoms with Crippen molar-refractivity contribution < 1.29 is 9.18 Å². The van der Waals surface area contributed by atoms with E-state index in [4.69, 9.17) is 11.6 Å². The van der Waals surface area contributed by atoms with E-state index in [1.165, 1.54) is 16.8 Å². The molecule has 1 amide bonds. The predicted molar refractivity (Wildman–Crippen MR) is 93.0 cm³/mol. The molecule has 0 bridgehead atoms. The van der Waals surface area contributed by atoms with Crippen LogP contribution < -0.4 is 5.32 Å². The van der Waals surface area contributed by atoms with Crippen LogP contribution in [-0.2, 0) is 11.3 Å². The standard InChI is InChI=1S/C17H17ClFN5O/c1-11-16(18)10-24(22-11)12(2)17(25)21-15-7-20-23(9-15)8-13-3-5-14(19)6-4-13/h3-7,9-10,12H,8H2,1-2H3,(H,21,25). The van der Waals surface area contributed by atoms with Crippen LogP contribution in [0.25, 0.3) is 0 Å². The number of carbonyl (C=O) groups is 1. The van der Waals surface area contributed by atoms with Crippen LogP contribution in [0.5, 0.6) is 0 Å². The molecule has 0 aliphatic heterocycles. The van der Waals surface area contributed by atoms with Gasteiger partial charge in [0.05, 0.1) is 29.1 Å². The minimum Gasteiger partial charge on any atom is -0.322 e. The topological polar surface area (TPSA) is 64.7 Å².